The van der Waals surface area contributed by atoms with Gasteiger partial charge in [-0.1, -0.05) is 18.2 Å². The van der Waals surface area contributed by atoms with Crippen LogP contribution in [0.2, 0.25) is 0 Å². The topological polar surface area (TPSA) is 46.3 Å². The second-order valence-electron chi connectivity index (χ2n) is 5.69. The van der Waals surface area contributed by atoms with E-state index in [1.54, 1.807) is 18.2 Å². The molecule has 0 radical (unpaired) electrons. The zero-order chi connectivity index (χ0) is 14.5. The minimum Gasteiger partial charge on any atom is -0.340 e. The lowest BCUT2D eigenvalue weighted by molar-refractivity contribution is -0.134. The Bertz CT molecular complexity index is 464. The average molecular weight is 278 g/mol. The van der Waals surface area contributed by atoms with E-state index in [1.807, 2.05) is 4.90 Å². The third-order valence-electron chi connectivity index (χ3n) is 4.00. The number of likely N-dealkylation sites (tertiary alicyclic amines) is 1. The van der Waals surface area contributed by atoms with E-state index in [1.165, 1.54) is 12.5 Å². The van der Waals surface area contributed by atoms with Crippen LogP contribution in [0, 0.1) is 5.82 Å². The van der Waals surface area contributed by atoms with Crippen LogP contribution in [0.1, 0.15) is 38.2 Å². The van der Waals surface area contributed by atoms with Crippen LogP contribution in [0.25, 0.3) is 0 Å². The van der Waals surface area contributed by atoms with Gasteiger partial charge >= 0.3 is 0 Å². The normalized spacial score (nSPS) is 20.8. The lowest BCUT2D eigenvalue weighted by Crippen LogP contribution is -2.44. The molecule has 20 heavy (non-hydrogen) atoms. The Morgan fingerprint density at radius 2 is 2.20 bits per heavy atom. The third-order valence-corrected chi connectivity index (χ3v) is 4.00. The van der Waals surface area contributed by atoms with E-state index in [0.29, 0.717) is 24.4 Å². The number of benzene rings is 1. The van der Waals surface area contributed by atoms with Crippen LogP contribution in [0.15, 0.2) is 24.3 Å². The van der Waals surface area contributed by atoms with Crippen LogP contribution in [0.5, 0.6) is 0 Å². The fourth-order valence-electron chi connectivity index (χ4n) is 2.83. The summed E-state index contributed by atoms with van der Waals surface area (Å²) in [7, 11) is 0. The molecule has 1 aromatic carbocycles. The van der Waals surface area contributed by atoms with Gasteiger partial charge in [-0.3, -0.25) is 4.79 Å². The number of nitrogens with zero attached hydrogens (tertiary/aromatic N) is 1. The lowest BCUT2D eigenvalue weighted by atomic mass is 10.00. The minimum atomic E-state index is -0.325. The van der Waals surface area contributed by atoms with Gasteiger partial charge in [-0.25, -0.2) is 4.39 Å². The van der Waals surface area contributed by atoms with E-state index in [-0.39, 0.29) is 17.8 Å². The molecule has 1 fully saturated rings. The molecule has 0 bridgehead atoms. The van der Waals surface area contributed by atoms with E-state index >= 15 is 0 Å². The van der Waals surface area contributed by atoms with Crippen LogP contribution in [-0.4, -0.2) is 29.4 Å². The molecule has 4 heteroatoms. The largest absolute Gasteiger partial charge is 0.340 e. The predicted molar refractivity (Wildman–Crippen MR) is 77.7 cm³/mol. The van der Waals surface area contributed by atoms with Crippen LogP contribution in [-0.2, 0) is 11.2 Å². The highest BCUT2D eigenvalue weighted by atomic mass is 19.1. The van der Waals surface area contributed by atoms with E-state index < -0.39 is 0 Å². The van der Waals surface area contributed by atoms with Gasteiger partial charge in [-0.2, -0.15) is 0 Å². The number of hydrogen-bond acceptors (Lipinski definition) is 2. The van der Waals surface area contributed by atoms with E-state index in [2.05, 4.69) is 6.92 Å². The van der Waals surface area contributed by atoms with Gasteiger partial charge in [0.25, 0.3) is 0 Å². The second kappa shape index (κ2) is 6.84. The zero-order valence-electron chi connectivity index (χ0n) is 12.0. The molecule has 0 aliphatic carbocycles. The summed E-state index contributed by atoms with van der Waals surface area (Å²) in [6.07, 6.45) is 4.01. The number of hydrogen-bond donors (Lipinski definition) is 1. The van der Waals surface area contributed by atoms with Gasteiger partial charge in [-0.05, 0) is 44.2 Å². The number of rotatable bonds is 4. The SMILES string of the molecule is CC1CCCCN1C(=O)C[C@H](N)Cc1ccccc1F. The molecule has 2 N–H and O–H groups in total. The molecule has 2 atom stereocenters. The van der Waals surface area contributed by atoms with Gasteiger partial charge in [0.15, 0.2) is 0 Å². The third kappa shape index (κ3) is 3.79. The first-order valence-corrected chi connectivity index (χ1v) is 7.36. The molecule has 1 amide bonds. The quantitative estimate of drug-likeness (QED) is 0.919. The van der Waals surface area contributed by atoms with Gasteiger partial charge in [-0.15, -0.1) is 0 Å². The summed E-state index contributed by atoms with van der Waals surface area (Å²) in [6.45, 7) is 2.91. The Labute approximate surface area is 120 Å². The van der Waals surface area contributed by atoms with Crippen molar-refractivity contribution in [2.75, 3.05) is 6.54 Å². The summed E-state index contributed by atoms with van der Waals surface area (Å²) >= 11 is 0. The highest BCUT2D eigenvalue weighted by Gasteiger charge is 2.24. The first kappa shape index (κ1) is 15.0. The molecule has 0 spiro atoms. The van der Waals surface area contributed by atoms with Gasteiger partial charge in [0, 0.05) is 25.0 Å². The van der Waals surface area contributed by atoms with Crippen molar-refractivity contribution in [3.63, 3.8) is 0 Å². The Balaban J connectivity index is 1.89. The molecule has 1 heterocycles. The number of halogens is 1. The van der Waals surface area contributed by atoms with Gasteiger partial charge in [0.05, 0.1) is 0 Å². The van der Waals surface area contributed by atoms with Crippen molar-refractivity contribution < 1.29 is 9.18 Å². The van der Waals surface area contributed by atoms with Crippen molar-refractivity contribution in [3.05, 3.63) is 35.6 Å². The van der Waals surface area contributed by atoms with Crippen molar-refractivity contribution in [1.82, 2.24) is 4.90 Å². The Hall–Kier alpha value is -1.42. The lowest BCUT2D eigenvalue weighted by Gasteiger charge is -2.34. The van der Waals surface area contributed by atoms with Crippen molar-refractivity contribution in [1.29, 1.82) is 0 Å². The number of amides is 1. The minimum absolute atomic E-state index is 0.0982. The van der Waals surface area contributed by atoms with Crippen molar-refractivity contribution in [3.8, 4) is 0 Å². The highest BCUT2D eigenvalue weighted by molar-refractivity contribution is 5.77. The van der Waals surface area contributed by atoms with Crippen molar-refractivity contribution in [2.45, 2.75) is 51.1 Å². The number of carbonyl (C=O) groups is 1. The molecule has 1 aliphatic rings. The first-order valence-electron chi connectivity index (χ1n) is 7.36. The molecule has 0 aromatic heterocycles. The summed E-state index contributed by atoms with van der Waals surface area (Å²) in [4.78, 5) is 14.2. The fourth-order valence-corrected chi connectivity index (χ4v) is 2.83. The maximum atomic E-state index is 13.6. The first-order chi connectivity index (χ1) is 9.58. The van der Waals surface area contributed by atoms with Crippen LogP contribution in [0.4, 0.5) is 4.39 Å². The Kier molecular flexibility index (Phi) is 5.12. The monoisotopic (exact) mass is 278 g/mol. The molecule has 1 aliphatic heterocycles. The average Bonchev–Trinajstić information content (AvgIpc) is 2.41. The molecule has 110 valence electrons. The highest BCUT2D eigenvalue weighted by Crippen LogP contribution is 2.18. The van der Waals surface area contributed by atoms with Crippen molar-refractivity contribution in [2.24, 2.45) is 5.73 Å². The number of piperidine rings is 1. The molecule has 1 aromatic rings. The van der Waals surface area contributed by atoms with E-state index in [9.17, 15) is 9.18 Å². The summed E-state index contributed by atoms with van der Waals surface area (Å²) in [5, 5.41) is 0. The molecule has 1 saturated heterocycles. The molecule has 1 unspecified atom stereocenters. The molecule has 3 nitrogen and oxygen atoms in total. The van der Waals surface area contributed by atoms with Gasteiger partial charge in [0.1, 0.15) is 5.82 Å². The zero-order valence-corrected chi connectivity index (χ0v) is 12.0. The number of nitrogens with two attached hydrogens (primary N) is 1. The summed E-state index contributed by atoms with van der Waals surface area (Å²) in [5.74, 6) is -0.150. The Morgan fingerprint density at radius 1 is 1.45 bits per heavy atom. The van der Waals surface area contributed by atoms with Crippen LogP contribution in [0.3, 0.4) is 0 Å². The summed E-state index contributed by atoms with van der Waals surface area (Å²) < 4.78 is 13.6. The maximum Gasteiger partial charge on any atom is 0.224 e. The van der Waals surface area contributed by atoms with Crippen molar-refractivity contribution >= 4 is 5.91 Å². The predicted octanol–water partition coefficient (Wildman–Crippen LogP) is 2.49. The molecular formula is C16H23FN2O. The number of carbonyl (C=O) groups excluding carboxylic acids is 1. The second-order valence-corrected chi connectivity index (χ2v) is 5.69. The smallest absolute Gasteiger partial charge is 0.224 e. The van der Waals surface area contributed by atoms with Gasteiger partial charge in [0.2, 0.25) is 5.91 Å². The molecule has 2 rings (SSSR count). The van der Waals surface area contributed by atoms with E-state index in [0.717, 1.165) is 19.4 Å². The Morgan fingerprint density at radius 3 is 2.90 bits per heavy atom. The van der Waals surface area contributed by atoms with Crippen LogP contribution < -0.4 is 5.73 Å². The molecular weight excluding hydrogens is 255 g/mol. The van der Waals surface area contributed by atoms with Crippen LogP contribution >= 0.6 is 0 Å². The maximum absolute atomic E-state index is 13.6. The molecule has 0 saturated carbocycles. The summed E-state index contributed by atoms with van der Waals surface area (Å²) in [5.41, 5.74) is 6.60. The fraction of sp³-hybridized carbons (Fsp3) is 0.562. The van der Waals surface area contributed by atoms with Gasteiger partial charge < -0.3 is 10.6 Å². The standard InChI is InChI=1S/C16H23FN2O/c1-12-6-4-5-9-19(12)16(20)11-14(18)10-13-7-2-3-8-15(13)17/h2-3,7-8,12,14H,4-6,9-11,18H2,1H3/t12?,14-/m1/s1. The van der Waals surface area contributed by atoms with E-state index in [4.69, 9.17) is 5.73 Å². The summed E-state index contributed by atoms with van der Waals surface area (Å²) in [6, 6.07) is 6.58.